The first-order valence-electron chi connectivity index (χ1n) is 12.2. The summed E-state index contributed by atoms with van der Waals surface area (Å²) in [5.74, 6) is 0.521. The second-order valence-corrected chi connectivity index (χ2v) is 10.2. The number of anilines is 1. The maximum absolute atomic E-state index is 12.9. The van der Waals surface area contributed by atoms with Gasteiger partial charge in [-0.3, -0.25) is 9.78 Å². The van der Waals surface area contributed by atoms with Gasteiger partial charge in [-0.15, -0.1) is 11.3 Å². The normalized spacial score (nSPS) is 13.3. The lowest BCUT2D eigenvalue weighted by Gasteiger charge is -2.26. The molecular weight excluding hydrogens is 488 g/mol. The van der Waals surface area contributed by atoms with Crippen molar-refractivity contribution in [2.24, 2.45) is 0 Å². The molecule has 0 fully saturated rings. The van der Waals surface area contributed by atoms with Crippen LogP contribution in [0.5, 0.6) is 5.75 Å². The van der Waals surface area contributed by atoms with Crippen LogP contribution in [0.15, 0.2) is 42.7 Å². The number of pyridine rings is 1. The number of amides is 2. The Bertz CT molecular complexity index is 1320. The van der Waals surface area contributed by atoms with E-state index in [-0.39, 0.29) is 30.9 Å². The molecule has 2 aromatic heterocycles. The molecule has 2 amide bonds. The molecule has 9 heteroatoms. The number of methoxy groups -OCH3 is 1. The summed E-state index contributed by atoms with van der Waals surface area (Å²) in [6.45, 7) is 5.08. The van der Waals surface area contributed by atoms with Crippen molar-refractivity contribution in [3.8, 4) is 11.8 Å². The van der Waals surface area contributed by atoms with Crippen molar-refractivity contribution in [2.45, 2.75) is 45.6 Å². The third-order valence-electron chi connectivity index (χ3n) is 6.43. The Kier molecular flexibility index (Phi) is 8.41. The summed E-state index contributed by atoms with van der Waals surface area (Å²) in [7, 11) is 1.62. The molecule has 0 bridgehead atoms. The predicted molar refractivity (Wildman–Crippen MR) is 142 cm³/mol. The molecule has 1 aliphatic heterocycles. The minimum atomic E-state index is -0.382. The van der Waals surface area contributed by atoms with E-state index in [0.29, 0.717) is 36.5 Å². The van der Waals surface area contributed by atoms with E-state index in [1.54, 1.807) is 24.4 Å². The van der Waals surface area contributed by atoms with E-state index in [9.17, 15) is 14.9 Å². The Hall–Kier alpha value is -3.90. The van der Waals surface area contributed by atoms with Gasteiger partial charge in [0.25, 0.3) is 0 Å². The third-order valence-corrected chi connectivity index (χ3v) is 7.56. The molecule has 0 aliphatic carbocycles. The lowest BCUT2D eigenvalue weighted by Crippen LogP contribution is -2.36. The highest BCUT2D eigenvalue weighted by molar-refractivity contribution is 7.16. The number of aryl methyl sites for hydroxylation is 1. The summed E-state index contributed by atoms with van der Waals surface area (Å²) >= 11 is 1.35. The fourth-order valence-electron chi connectivity index (χ4n) is 4.46. The SMILES string of the molecule is COc1ccc(C)cc1[C@@H](C)CC(=O)Nc1sc2c(c1C#N)CCN(C(=O)OCCc1cccnc1)C2. The molecule has 1 aliphatic rings. The highest BCUT2D eigenvalue weighted by Crippen LogP contribution is 2.37. The van der Waals surface area contributed by atoms with Crippen LogP contribution >= 0.6 is 11.3 Å². The average Bonchev–Trinajstić information content (AvgIpc) is 3.24. The zero-order chi connectivity index (χ0) is 26.4. The van der Waals surface area contributed by atoms with Gasteiger partial charge in [0.1, 0.15) is 16.8 Å². The summed E-state index contributed by atoms with van der Waals surface area (Å²) in [6.07, 6.45) is 4.47. The molecule has 0 saturated carbocycles. The molecule has 1 N–H and O–H groups in total. The molecule has 0 spiro atoms. The van der Waals surface area contributed by atoms with Gasteiger partial charge in [-0.25, -0.2) is 4.79 Å². The number of benzene rings is 1. The molecule has 192 valence electrons. The van der Waals surface area contributed by atoms with Crippen LogP contribution in [0.4, 0.5) is 9.80 Å². The largest absolute Gasteiger partial charge is 0.496 e. The van der Waals surface area contributed by atoms with Crippen molar-refractivity contribution in [3.05, 3.63) is 75.4 Å². The Morgan fingerprint density at radius 2 is 2.16 bits per heavy atom. The second kappa shape index (κ2) is 11.9. The minimum absolute atomic E-state index is 0.0631. The molecular formula is C28H30N4O4S. The number of carbonyl (C=O) groups excluding carboxylic acids is 2. The molecule has 37 heavy (non-hydrogen) atoms. The first kappa shape index (κ1) is 26.2. The van der Waals surface area contributed by atoms with Gasteiger partial charge < -0.3 is 19.7 Å². The van der Waals surface area contributed by atoms with Crippen LogP contribution in [0.3, 0.4) is 0 Å². The quantitative estimate of drug-likeness (QED) is 0.439. The molecule has 1 aromatic carbocycles. The number of nitrogens with zero attached hydrogens (tertiary/aromatic N) is 3. The minimum Gasteiger partial charge on any atom is -0.496 e. The van der Waals surface area contributed by atoms with Crippen LogP contribution in [-0.4, -0.2) is 42.1 Å². The fraction of sp³-hybridized carbons (Fsp3) is 0.357. The van der Waals surface area contributed by atoms with Crippen molar-refractivity contribution in [1.82, 2.24) is 9.88 Å². The summed E-state index contributed by atoms with van der Waals surface area (Å²) in [5, 5.41) is 13.3. The average molecular weight is 519 g/mol. The van der Waals surface area contributed by atoms with Crippen molar-refractivity contribution < 1.29 is 19.1 Å². The molecule has 8 nitrogen and oxygen atoms in total. The van der Waals surface area contributed by atoms with Crippen LogP contribution in [0.1, 0.15) is 52.0 Å². The molecule has 0 saturated heterocycles. The number of nitrogens with one attached hydrogen (secondary N) is 1. The highest BCUT2D eigenvalue weighted by atomic mass is 32.1. The van der Waals surface area contributed by atoms with Crippen molar-refractivity contribution >= 4 is 28.3 Å². The van der Waals surface area contributed by atoms with Gasteiger partial charge in [0.05, 0.1) is 25.8 Å². The van der Waals surface area contributed by atoms with Gasteiger partial charge in [-0.05, 0) is 48.1 Å². The lowest BCUT2D eigenvalue weighted by molar-refractivity contribution is -0.116. The number of nitriles is 1. The molecule has 3 aromatic rings. The zero-order valence-electron chi connectivity index (χ0n) is 21.2. The predicted octanol–water partition coefficient (Wildman–Crippen LogP) is 5.20. The van der Waals surface area contributed by atoms with Crippen molar-refractivity contribution in [1.29, 1.82) is 5.26 Å². The third kappa shape index (κ3) is 6.27. The molecule has 3 heterocycles. The summed E-state index contributed by atoms with van der Waals surface area (Å²) in [5.41, 5.74) is 4.46. The fourth-order valence-corrected chi connectivity index (χ4v) is 5.69. The molecule has 0 radical (unpaired) electrons. The lowest BCUT2D eigenvalue weighted by atomic mass is 9.95. The van der Waals surface area contributed by atoms with Crippen LogP contribution in [-0.2, 0) is 28.9 Å². The molecule has 0 unspecified atom stereocenters. The van der Waals surface area contributed by atoms with Crippen LogP contribution in [0, 0.1) is 18.3 Å². The number of rotatable bonds is 8. The van der Waals surface area contributed by atoms with Gasteiger partial charge in [0, 0.05) is 36.7 Å². The van der Waals surface area contributed by atoms with Gasteiger partial charge in [-0.2, -0.15) is 5.26 Å². The van der Waals surface area contributed by atoms with E-state index in [1.807, 2.05) is 44.2 Å². The highest BCUT2D eigenvalue weighted by Gasteiger charge is 2.28. The van der Waals surface area contributed by atoms with Crippen molar-refractivity contribution in [2.75, 3.05) is 25.6 Å². The van der Waals surface area contributed by atoms with E-state index in [0.717, 1.165) is 32.9 Å². The number of carbonyl (C=O) groups is 2. The maximum atomic E-state index is 12.9. The first-order valence-corrected chi connectivity index (χ1v) is 13.0. The standard InChI is InChI=1S/C28H30N4O4S/c1-18-6-7-24(35-3)22(13-18)19(2)14-26(33)31-27-23(15-29)21-8-11-32(17-25(21)37-27)28(34)36-12-9-20-5-4-10-30-16-20/h4-7,10,13,16,19H,8-9,11-12,14,17H2,1-3H3,(H,31,33)/t19-/m0/s1. The van der Waals surface area contributed by atoms with E-state index < -0.39 is 0 Å². The Balaban J connectivity index is 1.37. The van der Waals surface area contributed by atoms with E-state index in [1.165, 1.54) is 11.3 Å². The van der Waals surface area contributed by atoms with E-state index in [4.69, 9.17) is 9.47 Å². The van der Waals surface area contributed by atoms with E-state index >= 15 is 0 Å². The Morgan fingerprint density at radius 1 is 1.32 bits per heavy atom. The number of thiophene rings is 1. The smallest absolute Gasteiger partial charge is 0.410 e. The Labute approximate surface area is 220 Å². The van der Waals surface area contributed by atoms with Crippen LogP contribution in [0.2, 0.25) is 0 Å². The topological polar surface area (TPSA) is 105 Å². The van der Waals surface area contributed by atoms with E-state index in [2.05, 4.69) is 16.4 Å². The van der Waals surface area contributed by atoms with Gasteiger partial charge >= 0.3 is 6.09 Å². The van der Waals surface area contributed by atoms with Gasteiger partial charge in [0.15, 0.2) is 0 Å². The first-order chi connectivity index (χ1) is 17.9. The number of hydrogen-bond acceptors (Lipinski definition) is 7. The van der Waals surface area contributed by atoms with Crippen LogP contribution < -0.4 is 10.1 Å². The monoisotopic (exact) mass is 518 g/mol. The number of fused-ring (bicyclic) bond motifs is 1. The van der Waals surface area contributed by atoms with Crippen LogP contribution in [0.25, 0.3) is 0 Å². The van der Waals surface area contributed by atoms with Gasteiger partial charge in [0.2, 0.25) is 5.91 Å². The Morgan fingerprint density at radius 3 is 2.89 bits per heavy atom. The van der Waals surface area contributed by atoms with Gasteiger partial charge in [-0.1, -0.05) is 30.7 Å². The summed E-state index contributed by atoms with van der Waals surface area (Å²) < 4.78 is 10.9. The van der Waals surface area contributed by atoms with Crippen molar-refractivity contribution in [3.63, 3.8) is 0 Å². The maximum Gasteiger partial charge on any atom is 0.410 e. The summed E-state index contributed by atoms with van der Waals surface area (Å²) in [6, 6.07) is 12.0. The zero-order valence-corrected chi connectivity index (χ0v) is 22.1. The molecule has 4 rings (SSSR count). The molecule has 1 atom stereocenters. The second-order valence-electron chi connectivity index (χ2n) is 9.12. The number of ether oxygens (including phenoxy) is 2. The number of hydrogen-bond donors (Lipinski definition) is 1. The summed E-state index contributed by atoms with van der Waals surface area (Å²) in [4.78, 5) is 32.1. The number of aromatic nitrogens is 1.